The number of furan rings is 1. The lowest BCUT2D eigenvalue weighted by Crippen LogP contribution is -2.35. The summed E-state index contributed by atoms with van der Waals surface area (Å²) in [5.74, 6) is -0.917. The summed E-state index contributed by atoms with van der Waals surface area (Å²) in [5, 5.41) is 5.07. The minimum atomic E-state index is -0.745. The summed E-state index contributed by atoms with van der Waals surface area (Å²) >= 11 is 0. The van der Waals surface area contributed by atoms with Gasteiger partial charge in [0.15, 0.2) is 0 Å². The standard InChI is InChI=1S/C18H19N3O4/c1-12(22)21-8-2-4-13-10-14(6-7-16(13)21)20-18(24)17(23)19-11-15-5-3-9-25-15/h3,5-7,9-10H,2,4,8,11H2,1H3,(H,19,23)(H,20,24). The van der Waals surface area contributed by atoms with E-state index >= 15 is 0 Å². The molecule has 0 saturated heterocycles. The monoisotopic (exact) mass is 341 g/mol. The van der Waals surface area contributed by atoms with Crippen molar-refractivity contribution in [3.8, 4) is 0 Å². The predicted molar refractivity (Wildman–Crippen MR) is 92.0 cm³/mol. The topological polar surface area (TPSA) is 91.7 Å². The van der Waals surface area contributed by atoms with Gasteiger partial charge in [-0.15, -0.1) is 0 Å². The Kier molecular flexibility index (Phi) is 4.83. The highest BCUT2D eigenvalue weighted by atomic mass is 16.3. The zero-order valence-corrected chi connectivity index (χ0v) is 13.9. The van der Waals surface area contributed by atoms with Crippen LogP contribution >= 0.6 is 0 Å². The Hall–Kier alpha value is -3.09. The Morgan fingerprint density at radius 3 is 2.76 bits per heavy atom. The second kappa shape index (κ2) is 7.21. The van der Waals surface area contributed by atoms with Gasteiger partial charge >= 0.3 is 11.8 Å². The summed E-state index contributed by atoms with van der Waals surface area (Å²) in [6.45, 7) is 2.38. The molecule has 2 heterocycles. The van der Waals surface area contributed by atoms with Crippen LogP contribution in [0, 0.1) is 0 Å². The van der Waals surface area contributed by atoms with Crippen molar-refractivity contribution in [2.75, 3.05) is 16.8 Å². The second-order valence-corrected chi connectivity index (χ2v) is 5.83. The van der Waals surface area contributed by atoms with Crippen molar-refractivity contribution in [3.63, 3.8) is 0 Å². The van der Waals surface area contributed by atoms with Crippen LogP contribution in [-0.4, -0.2) is 24.3 Å². The van der Waals surface area contributed by atoms with Gasteiger partial charge < -0.3 is 20.0 Å². The Bertz CT molecular complexity index is 799. The minimum Gasteiger partial charge on any atom is -0.467 e. The molecule has 3 amide bonds. The number of hydrogen-bond donors (Lipinski definition) is 2. The van der Waals surface area contributed by atoms with Gasteiger partial charge in [-0.2, -0.15) is 0 Å². The van der Waals surface area contributed by atoms with E-state index in [0.29, 0.717) is 18.0 Å². The highest BCUT2D eigenvalue weighted by Gasteiger charge is 2.21. The van der Waals surface area contributed by atoms with Gasteiger partial charge in [-0.05, 0) is 48.7 Å². The number of carbonyl (C=O) groups is 3. The zero-order chi connectivity index (χ0) is 17.8. The molecule has 0 unspecified atom stereocenters. The van der Waals surface area contributed by atoms with Crippen LogP contribution in [0.1, 0.15) is 24.7 Å². The molecular weight excluding hydrogens is 322 g/mol. The lowest BCUT2D eigenvalue weighted by molar-refractivity contribution is -0.136. The number of amides is 3. The molecule has 2 N–H and O–H groups in total. The van der Waals surface area contributed by atoms with Crippen molar-refractivity contribution in [2.45, 2.75) is 26.3 Å². The third-order valence-electron chi connectivity index (χ3n) is 4.05. The average molecular weight is 341 g/mol. The van der Waals surface area contributed by atoms with Crippen molar-refractivity contribution in [2.24, 2.45) is 0 Å². The number of carbonyl (C=O) groups excluding carboxylic acids is 3. The van der Waals surface area contributed by atoms with Crippen LogP contribution in [0.5, 0.6) is 0 Å². The van der Waals surface area contributed by atoms with Gasteiger partial charge in [-0.25, -0.2) is 0 Å². The molecule has 0 radical (unpaired) electrons. The number of fused-ring (bicyclic) bond motifs is 1. The predicted octanol–water partition coefficient (Wildman–Crippen LogP) is 1.83. The first-order chi connectivity index (χ1) is 12.0. The van der Waals surface area contributed by atoms with Crippen molar-refractivity contribution in [1.82, 2.24) is 5.32 Å². The van der Waals surface area contributed by atoms with Crippen LogP contribution in [-0.2, 0) is 27.3 Å². The molecule has 0 atom stereocenters. The van der Waals surface area contributed by atoms with E-state index in [1.807, 2.05) is 6.07 Å². The maximum absolute atomic E-state index is 12.0. The van der Waals surface area contributed by atoms with Crippen molar-refractivity contribution < 1.29 is 18.8 Å². The number of nitrogens with one attached hydrogen (secondary N) is 2. The van der Waals surface area contributed by atoms with Gasteiger partial charge in [0, 0.05) is 24.8 Å². The van der Waals surface area contributed by atoms with E-state index in [0.717, 1.165) is 24.1 Å². The summed E-state index contributed by atoms with van der Waals surface area (Å²) in [5.41, 5.74) is 2.37. The van der Waals surface area contributed by atoms with Crippen LogP contribution in [0.3, 0.4) is 0 Å². The quantitative estimate of drug-likeness (QED) is 0.833. The maximum Gasteiger partial charge on any atom is 0.313 e. The molecule has 1 aliphatic rings. The van der Waals surface area contributed by atoms with E-state index in [1.54, 1.807) is 29.2 Å². The Morgan fingerprint density at radius 1 is 1.20 bits per heavy atom. The largest absolute Gasteiger partial charge is 0.467 e. The Labute approximate surface area is 145 Å². The van der Waals surface area contributed by atoms with E-state index < -0.39 is 11.8 Å². The highest BCUT2D eigenvalue weighted by Crippen LogP contribution is 2.29. The van der Waals surface area contributed by atoms with Crippen LogP contribution in [0.25, 0.3) is 0 Å². The van der Waals surface area contributed by atoms with Gasteiger partial charge in [0.1, 0.15) is 5.76 Å². The van der Waals surface area contributed by atoms with Crippen LogP contribution in [0.4, 0.5) is 11.4 Å². The smallest absolute Gasteiger partial charge is 0.313 e. The number of anilines is 2. The first-order valence-electron chi connectivity index (χ1n) is 8.07. The minimum absolute atomic E-state index is 0.00459. The van der Waals surface area contributed by atoms with E-state index in [1.165, 1.54) is 13.2 Å². The van der Waals surface area contributed by atoms with Crippen molar-refractivity contribution in [1.29, 1.82) is 0 Å². The number of hydrogen-bond acceptors (Lipinski definition) is 4. The summed E-state index contributed by atoms with van der Waals surface area (Å²) in [7, 11) is 0. The number of benzene rings is 1. The molecule has 1 aromatic heterocycles. The fourth-order valence-electron chi connectivity index (χ4n) is 2.85. The molecule has 130 valence electrons. The molecule has 0 fully saturated rings. The summed E-state index contributed by atoms with van der Waals surface area (Å²) in [6.07, 6.45) is 3.19. The molecule has 3 rings (SSSR count). The molecule has 0 aliphatic carbocycles. The van der Waals surface area contributed by atoms with E-state index in [4.69, 9.17) is 4.42 Å². The van der Waals surface area contributed by atoms with Gasteiger partial charge in [0.05, 0.1) is 12.8 Å². The van der Waals surface area contributed by atoms with Gasteiger partial charge in [-0.3, -0.25) is 14.4 Å². The van der Waals surface area contributed by atoms with Gasteiger partial charge in [0.25, 0.3) is 0 Å². The SMILES string of the molecule is CC(=O)N1CCCc2cc(NC(=O)C(=O)NCc3ccco3)ccc21. The molecule has 7 heteroatoms. The molecule has 1 aromatic carbocycles. The fourth-order valence-corrected chi connectivity index (χ4v) is 2.85. The van der Waals surface area contributed by atoms with E-state index in [2.05, 4.69) is 10.6 Å². The number of aryl methyl sites for hydroxylation is 1. The van der Waals surface area contributed by atoms with Gasteiger partial charge in [-0.1, -0.05) is 0 Å². The molecule has 7 nitrogen and oxygen atoms in total. The fraction of sp³-hybridized carbons (Fsp3) is 0.278. The van der Waals surface area contributed by atoms with E-state index in [9.17, 15) is 14.4 Å². The highest BCUT2D eigenvalue weighted by molar-refractivity contribution is 6.39. The summed E-state index contributed by atoms with van der Waals surface area (Å²) in [4.78, 5) is 37.3. The normalized spacial score (nSPS) is 13.1. The van der Waals surface area contributed by atoms with Crippen LogP contribution in [0.15, 0.2) is 41.0 Å². The molecule has 1 aliphatic heterocycles. The molecule has 0 spiro atoms. The Morgan fingerprint density at radius 2 is 2.04 bits per heavy atom. The molecule has 25 heavy (non-hydrogen) atoms. The second-order valence-electron chi connectivity index (χ2n) is 5.83. The summed E-state index contributed by atoms with van der Waals surface area (Å²) < 4.78 is 5.09. The van der Waals surface area contributed by atoms with E-state index in [-0.39, 0.29) is 12.5 Å². The number of rotatable bonds is 3. The third-order valence-corrected chi connectivity index (χ3v) is 4.05. The third kappa shape index (κ3) is 3.88. The molecule has 0 saturated carbocycles. The zero-order valence-electron chi connectivity index (χ0n) is 13.9. The average Bonchev–Trinajstić information content (AvgIpc) is 3.12. The first-order valence-corrected chi connectivity index (χ1v) is 8.07. The van der Waals surface area contributed by atoms with Gasteiger partial charge in [0.2, 0.25) is 5.91 Å². The maximum atomic E-state index is 12.0. The van der Waals surface area contributed by atoms with Crippen molar-refractivity contribution >= 4 is 29.1 Å². The van der Waals surface area contributed by atoms with Crippen LogP contribution < -0.4 is 15.5 Å². The molecule has 0 bridgehead atoms. The summed E-state index contributed by atoms with van der Waals surface area (Å²) in [6, 6.07) is 8.72. The lowest BCUT2D eigenvalue weighted by atomic mass is 10.0. The molecular formula is C18H19N3O4. The van der Waals surface area contributed by atoms with Crippen molar-refractivity contribution in [3.05, 3.63) is 47.9 Å². The molecule has 2 aromatic rings. The Balaban J connectivity index is 1.63. The number of nitrogens with zero attached hydrogens (tertiary/aromatic N) is 1. The van der Waals surface area contributed by atoms with Crippen LogP contribution in [0.2, 0.25) is 0 Å². The first kappa shape index (κ1) is 16.8. The lowest BCUT2D eigenvalue weighted by Gasteiger charge is -2.28.